The Kier molecular flexibility index (Phi) is 3.14. The fourth-order valence-electron chi connectivity index (χ4n) is 2.56. The maximum Gasteiger partial charge on any atom is 0.204 e. The number of aromatic nitrogens is 1. The predicted octanol–water partition coefficient (Wildman–Crippen LogP) is 1.97. The van der Waals surface area contributed by atoms with Gasteiger partial charge in [0.1, 0.15) is 11.4 Å². The molecule has 3 rings (SSSR count). The van der Waals surface area contributed by atoms with E-state index in [0.717, 1.165) is 24.0 Å². The molecule has 0 fully saturated rings. The Morgan fingerprint density at radius 1 is 1.16 bits per heavy atom. The number of carbonyl (C=O) groups is 2. The number of hydrogen-bond donors (Lipinski definition) is 0. The third-order valence-electron chi connectivity index (χ3n) is 3.38. The highest BCUT2D eigenvalue weighted by atomic mass is 79.9. The molecule has 2 heterocycles. The van der Waals surface area contributed by atoms with Gasteiger partial charge in [-0.15, -0.1) is 0 Å². The number of hydrogen-bond acceptors (Lipinski definition) is 3. The Bertz CT molecular complexity index is 613. The second-order valence-electron chi connectivity index (χ2n) is 4.59. The van der Waals surface area contributed by atoms with E-state index in [9.17, 15) is 9.59 Å². The van der Waals surface area contributed by atoms with E-state index >= 15 is 0 Å². The molecule has 0 N–H and O–H groups in total. The van der Waals surface area contributed by atoms with Gasteiger partial charge in [-0.05, 0) is 30.7 Å². The van der Waals surface area contributed by atoms with Crippen LogP contribution in [0.5, 0.6) is 0 Å². The van der Waals surface area contributed by atoms with Gasteiger partial charge in [0.15, 0.2) is 0 Å². The van der Waals surface area contributed by atoms with Crippen LogP contribution in [0.4, 0.5) is 0 Å². The van der Waals surface area contributed by atoms with Crippen LogP contribution in [-0.4, -0.2) is 32.9 Å². The molecule has 98 valence electrons. The Morgan fingerprint density at radius 3 is 2.63 bits per heavy atom. The molecule has 1 aromatic heterocycles. The summed E-state index contributed by atoms with van der Waals surface area (Å²) in [7, 11) is 0. The molecule has 5 heteroatoms. The Labute approximate surface area is 119 Å². The quantitative estimate of drug-likeness (QED) is 0.631. The van der Waals surface area contributed by atoms with Gasteiger partial charge < -0.3 is 9.47 Å². The first-order valence-electron chi connectivity index (χ1n) is 6.21. The molecule has 19 heavy (non-hydrogen) atoms. The summed E-state index contributed by atoms with van der Waals surface area (Å²) in [4.78, 5) is 26.2. The second-order valence-corrected chi connectivity index (χ2v) is 5.39. The van der Waals surface area contributed by atoms with E-state index in [1.165, 1.54) is 12.2 Å². The Hall–Kier alpha value is -1.62. The van der Waals surface area contributed by atoms with Gasteiger partial charge in [-0.3, -0.25) is 9.59 Å². The van der Waals surface area contributed by atoms with Crippen LogP contribution in [0.15, 0.2) is 36.2 Å². The lowest BCUT2D eigenvalue weighted by molar-refractivity contribution is -0.115. The summed E-state index contributed by atoms with van der Waals surface area (Å²) in [5.41, 5.74) is 2.08. The first-order valence-corrected chi connectivity index (χ1v) is 7.33. The number of nitrogens with zero attached hydrogens (tertiary/aromatic N) is 2. The summed E-state index contributed by atoms with van der Waals surface area (Å²) in [5.74, 6) is -0.181. The summed E-state index contributed by atoms with van der Waals surface area (Å²) in [6.45, 7) is 1.44. The molecular weight excluding hydrogens is 308 g/mol. The summed E-state index contributed by atoms with van der Waals surface area (Å²) in [6, 6.07) is 3.89. The van der Waals surface area contributed by atoms with Crippen molar-refractivity contribution in [2.45, 2.75) is 13.0 Å². The molecule has 0 saturated heterocycles. The van der Waals surface area contributed by atoms with Crippen molar-refractivity contribution in [3.8, 4) is 0 Å². The molecule has 1 aliphatic heterocycles. The number of alkyl halides is 1. The first kappa shape index (κ1) is 12.4. The van der Waals surface area contributed by atoms with E-state index in [0.29, 0.717) is 17.9 Å². The first-order chi connectivity index (χ1) is 9.22. The third-order valence-corrected chi connectivity index (χ3v) is 3.94. The average molecular weight is 321 g/mol. The minimum absolute atomic E-state index is 0.0801. The summed E-state index contributed by atoms with van der Waals surface area (Å²) < 4.78 is 1.84. The molecule has 1 aromatic rings. The molecule has 1 aliphatic carbocycles. The van der Waals surface area contributed by atoms with Crippen molar-refractivity contribution >= 4 is 33.2 Å². The molecular formula is C14H13BrN2O2. The maximum absolute atomic E-state index is 12.1. The largest absolute Gasteiger partial charge is 0.361 e. The fourth-order valence-corrected chi connectivity index (χ4v) is 2.81. The third kappa shape index (κ3) is 1.98. The van der Waals surface area contributed by atoms with Crippen LogP contribution in [0.3, 0.4) is 0 Å². The molecule has 2 aliphatic rings. The van der Waals surface area contributed by atoms with Gasteiger partial charge in [0.05, 0.1) is 6.54 Å². The van der Waals surface area contributed by atoms with Gasteiger partial charge in [0.2, 0.25) is 11.6 Å². The average Bonchev–Trinajstić information content (AvgIpc) is 2.87. The van der Waals surface area contributed by atoms with Crippen LogP contribution in [0.25, 0.3) is 5.70 Å². The minimum atomic E-state index is -0.101. The molecule has 0 radical (unpaired) electrons. The van der Waals surface area contributed by atoms with Crippen molar-refractivity contribution in [2.75, 3.05) is 11.9 Å². The van der Waals surface area contributed by atoms with E-state index in [2.05, 4.69) is 15.9 Å². The highest BCUT2D eigenvalue weighted by Gasteiger charge is 2.32. The maximum atomic E-state index is 12.1. The molecule has 0 amide bonds. The number of carbonyl (C=O) groups excluding carboxylic acids is 2. The molecule has 4 nitrogen and oxygen atoms in total. The lowest BCUT2D eigenvalue weighted by Crippen LogP contribution is -2.37. The molecule has 0 atom stereocenters. The van der Waals surface area contributed by atoms with Crippen molar-refractivity contribution in [1.29, 1.82) is 0 Å². The summed E-state index contributed by atoms with van der Waals surface area (Å²) in [5, 5.41) is 0.880. The Balaban J connectivity index is 2.10. The summed E-state index contributed by atoms with van der Waals surface area (Å²) in [6.07, 6.45) is 5.51. The van der Waals surface area contributed by atoms with Gasteiger partial charge in [-0.25, -0.2) is 0 Å². The van der Waals surface area contributed by atoms with Gasteiger partial charge in [-0.1, -0.05) is 15.9 Å². The van der Waals surface area contributed by atoms with Gasteiger partial charge in [0.25, 0.3) is 0 Å². The van der Waals surface area contributed by atoms with Crippen LogP contribution < -0.4 is 0 Å². The standard InChI is InChI=1S/C14H13BrN2O2/c15-6-2-7-16-9-10-3-1-8-17(10)14-12(19)5-4-11(18)13(14)16/h1,3-5,8H,2,6-7,9H2. The van der Waals surface area contributed by atoms with Crippen molar-refractivity contribution < 1.29 is 9.59 Å². The molecule has 0 bridgehead atoms. The van der Waals surface area contributed by atoms with Crippen molar-refractivity contribution in [1.82, 2.24) is 9.47 Å². The normalized spacial score (nSPS) is 17.8. The monoisotopic (exact) mass is 320 g/mol. The van der Waals surface area contributed by atoms with Gasteiger partial charge in [0, 0.05) is 23.8 Å². The number of rotatable bonds is 3. The zero-order valence-electron chi connectivity index (χ0n) is 10.3. The molecule has 0 spiro atoms. The second kappa shape index (κ2) is 4.81. The number of allylic oxidation sites excluding steroid dienone is 3. The zero-order valence-corrected chi connectivity index (χ0v) is 11.9. The molecule has 0 saturated carbocycles. The van der Waals surface area contributed by atoms with Gasteiger partial charge in [-0.2, -0.15) is 0 Å². The van der Waals surface area contributed by atoms with Crippen molar-refractivity contribution in [2.24, 2.45) is 0 Å². The van der Waals surface area contributed by atoms with Crippen LogP contribution in [0.1, 0.15) is 12.1 Å². The number of halogens is 1. The van der Waals surface area contributed by atoms with Crippen LogP contribution >= 0.6 is 15.9 Å². The van der Waals surface area contributed by atoms with Crippen LogP contribution in [-0.2, 0) is 16.1 Å². The highest BCUT2D eigenvalue weighted by Crippen LogP contribution is 2.30. The summed E-state index contributed by atoms with van der Waals surface area (Å²) >= 11 is 3.40. The van der Waals surface area contributed by atoms with Crippen LogP contribution in [0.2, 0.25) is 0 Å². The van der Waals surface area contributed by atoms with E-state index < -0.39 is 0 Å². The smallest absolute Gasteiger partial charge is 0.204 e. The minimum Gasteiger partial charge on any atom is -0.361 e. The predicted molar refractivity (Wildman–Crippen MR) is 75.6 cm³/mol. The Morgan fingerprint density at radius 2 is 1.89 bits per heavy atom. The lowest BCUT2D eigenvalue weighted by Gasteiger charge is -2.34. The highest BCUT2D eigenvalue weighted by molar-refractivity contribution is 9.09. The van der Waals surface area contributed by atoms with Gasteiger partial charge >= 0.3 is 0 Å². The van der Waals surface area contributed by atoms with Crippen LogP contribution in [0, 0.1) is 0 Å². The van der Waals surface area contributed by atoms with Crippen molar-refractivity contribution in [3.63, 3.8) is 0 Å². The van der Waals surface area contributed by atoms with E-state index in [4.69, 9.17) is 0 Å². The molecule has 0 aromatic carbocycles. The lowest BCUT2D eigenvalue weighted by atomic mass is 10.0. The topological polar surface area (TPSA) is 42.3 Å². The molecule has 0 unspecified atom stereocenters. The number of ketones is 2. The van der Waals surface area contributed by atoms with Crippen molar-refractivity contribution in [3.05, 3.63) is 41.9 Å². The van der Waals surface area contributed by atoms with E-state index in [1.807, 2.05) is 27.8 Å². The zero-order chi connectivity index (χ0) is 13.4. The number of fused-ring (bicyclic) bond motifs is 2. The van der Waals surface area contributed by atoms with E-state index in [-0.39, 0.29) is 11.6 Å². The van der Waals surface area contributed by atoms with E-state index in [1.54, 1.807) is 0 Å². The fraction of sp³-hybridized carbons (Fsp3) is 0.286. The SMILES string of the molecule is O=C1C=CC(=O)C2=C1N(CCCBr)Cc1cccn12.